The van der Waals surface area contributed by atoms with Crippen molar-refractivity contribution < 1.29 is 28.6 Å². The maximum Gasteiger partial charge on any atom is 0.300 e. The first-order valence-corrected chi connectivity index (χ1v) is 10.6. The van der Waals surface area contributed by atoms with E-state index in [-0.39, 0.29) is 16.9 Å². The highest BCUT2D eigenvalue weighted by Gasteiger charge is 2.48. The number of carbonyl (C=O) groups is 2. The zero-order valence-electron chi connectivity index (χ0n) is 17.6. The molecule has 0 radical (unpaired) electrons. The first-order chi connectivity index (χ1) is 15.4. The molecule has 3 aromatic rings. The monoisotopic (exact) mass is 453 g/mol. The molecule has 0 bridgehead atoms. The van der Waals surface area contributed by atoms with Gasteiger partial charge in [0, 0.05) is 16.6 Å². The van der Waals surface area contributed by atoms with Gasteiger partial charge in [-0.25, -0.2) is 4.39 Å². The molecule has 32 heavy (non-hydrogen) atoms. The van der Waals surface area contributed by atoms with Crippen LogP contribution in [0.5, 0.6) is 11.5 Å². The lowest BCUT2D eigenvalue weighted by atomic mass is 9.97. The Balaban J connectivity index is 1.99. The molecule has 0 aliphatic carbocycles. The lowest BCUT2D eigenvalue weighted by molar-refractivity contribution is -0.132. The molecule has 8 heteroatoms. The van der Waals surface area contributed by atoms with Crippen LogP contribution in [0.15, 0.2) is 59.5 Å². The fraction of sp³-hybridized carbons (Fsp3) is 0.167. The second-order valence-electron chi connectivity index (χ2n) is 7.18. The van der Waals surface area contributed by atoms with Crippen LogP contribution in [0.3, 0.4) is 0 Å². The van der Waals surface area contributed by atoms with E-state index < -0.39 is 29.3 Å². The second kappa shape index (κ2) is 8.47. The van der Waals surface area contributed by atoms with E-state index in [1.54, 1.807) is 24.3 Å². The number of benzene rings is 2. The minimum atomic E-state index is -0.893. The van der Waals surface area contributed by atoms with E-state index in [1.165, 1.54) is 42.6 Å². The van der Waals surface area contributed by atoms with Gasteiger partial charge in [-0.1, -0.05) is 6.07 Å². The molecular formula is C24H20FNO5S. The average Bonchev–Trinajstić information content (AvgIpc) is 3.33. The summed E-state index contributed by atoms with van der Waals surface area (Å²) in [6.07, 6.45) is 0. The number of rotatable bonds is 5. The Hall–Kier alpha value is -3.65. The summed E-state index contributed by atoms with van der Waals surface area (Å²) in [4.78, 5) is 28.4. The highest BCUT2D eigenvalue weighted by Crippen LogP contribution is 2.46. The van der Waals surface area contributed by atoms with E-state index in [0.717, 1.165) is 11.6 Å². The number of ether oxygens (including phenoxy) is 2. The Labute approximate surface area is 188 Å². The first-order valence-electron chi connectivity index (χ1n) is 9.70. The maximum absolute atomic E-state index is 14.0. The number of aliphatic hydroxyl groups is 1. The van der Waals surface area contributed by atoms with Crippen molar-refractivity contribution in [2.24, 2.45) is 0 Å². The number of amides is 1. The van der Waals surface area contributed by atoms with Crippen LogP contribution < -0.4 is 14.4 Å². The van der Waals surface area contributed by atoms with Gasteiger partial charge in [-0.2, -0.15) is 0 Å². The summed E-state index contributed by atoms with van der Waals surface area (Å²) in [5.74, 6) is -2.08. The van der Waals surface area contributed by atoms with Crippen LogP contribution in [0.4, 0.5) is 10.1 Å². The third kappa shape index (κ3) is 3.52. The van der Waals surface area contributed by atoms with Gasteiger partial charge in [0.05, 0.1) is 25.4 Å². The van der Waals surface area contributed by atoms with Crippen LogP contribution in [0.2, 0.25) is 0 Å². The second-order valence-corrected chi connectivity index (χ2v) is 8.13. The first kappa shape index (κ1) is 21.6. The van der Waals surface area contributed by atoms with Gasteiger partial charge in [-0.3, -0.25) is 14.5 Å². The van der Waals surface area contributed by atoms with Crippen molar-refractivity contribution >= 4 is 34.5 Å². The lowest BCUT2D eigenvalue weighted by Crippen LogP contribution is -2.29. The SMILES string of the molecule is COc1cccc(N2C(=O)C(=O)/C(=C(\O)c3cc(F)ccc3OC)C2c2sccc2C)c1. The van der Waals surface area contributed by atoms with Crippen molar-refractivity contribution in [1.82, 2.24) is 0 Å². The smallest absolute Gasteiger partial charge is 0.300 e. The van der Waals surface area contributed by atoms with Gasteiger partial charge in [0.2, 0.25) is 0 Å². The molecule has 2 aromatic carbocycles. The molecular weight excluding hydrogens is 433 g/mol. The van der Waals surface area contributed by atoms with Gasteiger partial charge >= 0.3 is 0 Å². The largest absolute Gasteiger partial charge is 0.507 e. The molecule has 1 amide bonds. The fourth-order valence-electron chi connectivity index (χ4n) is 3.78. The van der Waals surface area contributed by atoms with Crippen molar-refractivity contribution in [3.63, 3.8) is 0 Å². The summed E-state index contributed by atoms with van der Waals surface area (Å²) >= 11 is 1.36. The molecule has 4 rings (SSSR count). The van der Waals surface area contributed by atoms with Gasteiger partial charge < -0.3 is 14.6 Å². The number of hydrogen-bond donors (Lipinski definition) is 1. The number of aliphatic hydroxyl groups excluding tert-OH is 1. The third-order valence-electron chi connectivity index (χ3n) is 5.34. The number of ketones is 1. The Morgan fingerprint density at radius 3 is 2.53 bits per heavy atom. The lowest BCUT2D eigenvalue weighted by Gasteiger charge is -2.25. The highest BCUT2D eigenvalue weighted by atomic mass is 32.1. The topological polar surface area (TPSA) is 76.1 Å². The van der Waals surface area contributed by atoms with Crippen LogP contribution in [0.25, 0.3) is 5.76 Å². The number of thiophene rings is 1. The molecule has 0 saturated carbocycles. The van der Waals surface area contributed by atoms with Crippen molar-refractivity contribution in [1.29, 1.82) is 0 Å². The van der Waals surface area contributed by atoms with Crippen LogP contribution in [-0.4, -0.2) is 31.0 Å². The normalized spacial score (nSPS) is 17.6. The number of halogens is 1. The number of nitrogens with zero attached hydrogens (tertiary/aromatic N) is 1. The van der Waals surface area contributed by atoms with Crippen molar-refractivity contribution in [3.05, 3.63) is 81.3 Å². The molecule has 1 unspecified atom stereocenters. The molecule has 1 aromatic heterocycles. The van der Waals surface area contributed by atoms with E-state index in [9.17, 15) is 19.1 Å². The maximum atomic E-state index is 14.0. The highest BCUT2D eigenvalue weighted by molar-refractivity contribution is 7.10. The molecule has 1 aliphatic rings. The Bertz CT molecular complexity index is 1250. The summed E-state index contributed by atoms with van der Waals surface area (Å²) in [6.45, 7) is 1.86. The van der Waals surface area contributed by atoms with E-state index in [4.69, 9.17) is 9.47 Å². The fourth-order valence-corrected chi connectivity index (χ4v) is 4.81. The number of Topliss-reactive ketones (excluding diaryl/α,β-unsaturated/α-hetero) is 1. The van der Waals surface area contributed by atoms with Crippen molar-refractivity contribution in [2.45, 2.75) is 13.0 Å². The molecule has 1 saturated heterocycles. The van der Waals surface area contributed by atoms with Crippen molar-refractivity contribution in [3.8, 4) is 11.5 Å². The van der Waals surface area contributed by atoms with Crippen molar-refractivity contribution in [2.75, 3.05) is 19.1 Å². The predicted molar refractivity (Wildman–Crippen MR) is 120 cm³/mol. The molecule has 2 heterocycles. The molecule has 1 N–H and O–H groups in total. The Kier molecular flexibility index (Phi) is 5.71. The quantitative estimate of drug-likeness (QED) is 0.340. The summed E-state index contributed by atoms with van der Waals surface area (Å²) in [6, 6.07) is 11.4. The predicted octanol–water partition coefficient (Wildman–Crippen LogP) is 4.84. The Morgan fingerprint density at radius 1 is 1.09 bits per heavy atom. The standard InChI is InChI=1S/C24H20FNO5S/c1-13-9-10-32-23(13)20-19(21(27)17-11-14(25)7-8-18(17)31-3)22(28)24(29)26(20)15-5-4-6-16(12-15)30-2/h4-12,20,27H,1-3H3/b21-19-. The van der Waals surface area contributed by atoms with E-state index in [0.29, 0.717) is 16.3 Å². The molecule has 1 aliphatic heterocycles. The molecule has 1 atom stereocenters. The van der Waals surface area contributed by atoms with Gasteiger partial charge in [-0.15, -0.1) is 11.3 Å². The molecule has 6 nitrogen and oxygen atoms in total. The van der Waals surface area contributed by atoms with Crippen LogP contribution >= 0.6 is 11.3 Å². The van der Waals surface area contributed by atoms with Crippen LogP contribution in [-0.2, 0) is 9.59 Å². The number of anilines is 1. The number of carbonyl (C=O) groups excluding carboxylic acids is 2. The van der Waals surface area contributed by atoms with Gasteiger partial charge in [-0.05, 0) is 54.3 Å². The molecule has 1 fully saturated rings. The zero-order chi connectivity index (χ0) is 23.0. The summed E-state index contributed by atoms with van der Waals surface area (Å²) in [5.41, 5.74) is 1.16. The van der Waals surface area contributed by atoms with Crippen LogP contribution in [0, 0.1) is 12.7 Å². The molecule has 0 spiro atoms. The van der Waals surface area contributed by atoms with Gasteiger partial charge in [0.15, 0.2) is 0 Å². The summed E-state index contributed by atoms with van der Waals surface area (Å²) in [7, 11) is 2.88. The third-order valence-corrected chi connectivity index (χ3v) is 6.41. The Morgan fingerprint density at radius 2 is 1.88 bits per heavy atom. The number of hydrogen-bond acceptors (Lipinski definition) is 6. The summed E-state index contributed by atoms with van der Waals surface area (Å²) in [5, 5.41) is 13.0. The average molecular weight is 453 g/mol. The van der Waals surface area contributed by atoms with Gasteiger partial charge in [0.1, 0.15) is 29.1 Å². The number of aryl methyl sites for hydroxylation is 1. The number of methoxy groups -OCH3 is 2. The minimum Gasteiger partial charge on any atom is -0.507 e. The minimum absolute atomic E-state index is 0.00430. The zero-order valence-corrected chi connectivity index (χ0v) is 18.4. The van der Waals surface area contributed by atoms with E-state index in [2.05, 4.69) is 0 Å². The van der Waals surface area contributed by atoms with E-state index >= 15 is 0 Å². The summed E-state index contributed by atoms with van der Waals surface area (Å²) < 4.78 is 24.5. The van der Waals surface area contributed by atoms with Gasteiger partial charge in [0.25, 0.3) is 11.7 Å². The molecule has 164 valence electrons. The van der Waals surface area contributed by atoms with E-state index in [1.807, 2.05) is 18.4 Å². The van der Waals surface area contributed by atoms with Crippen LogP contribution in [0.1, 0.15) is 22.0 Å².